The fourth-order valence-electron chi connectivity index (χ4n) is 3.72. The highest BCUT2D eigenvalue weighted by Crippen LogP contribution is 2.27. The average Bonchev–Trinajstić information content (AvgIpc) is 2.81. The molecule has 0 aromatic heterocycles. The molecule has 4 amide bonds. The highest BCUT2D eigenvalue weighted by molar-refractivity contribution is 5.98. The van der Waals surface area contributed by atoms with Gasteiger partial charge in [-0.25, -0.2) is 4.79 Å². The lowest BCUT2D eigenvalue weighted by molar-refractivity contribution is -0.115. The van der Waals surface area contributed by atoms with Crippen LogP contribution in [0.15, 0.2) is 18.2 Å². The smallest absolute Gasteiger partial charge is 0.317 e. The van der Waals surface area contributed by atoms with E-state index in [-0.39, 0.29) is 42.5 Å². The summed E-state index contributed by atoms with van der Waals surface area (Å²) in [5.74, 6) is 0.0312. The minimum atomic E-state index is -0.254. The van der Waals surface area contributed by atoms with Crippen LogP contribution >= 0.6 is 0 Å². The first kappa shape index (κ1) is 26.4. The van der Waals surface area contributed by atoms with E-state index < -0.39 is 0 Å². The zero-order valence-corrected chi connectivity index (χ0v) is 20.6. The highest BCUT2D eigenvalue weighted by atomic mass is 16.5. The summed E-state index contributed by atoms with van der Waals surface area (Å²) >= 11 is 0. The number of benzene rings is 1. The van der Waals surface area contributed by atoms with E-state index in [9.17, 15) is 14.4 Å². The van der Waals surface area contributed by atoms with Crippen LogP contribution in [-0.4, -0.2) is 80.2 Å². The Kier molecular flexibility index (Phi) is 9.96. The molecule has 0 spiro atoms. The van der Waals surface area contributed by atoms with E-state index in [0.29, 0.717) is 43.1 Å². The van der Waals surface area contributed by atoms with Crippen LogP contribution in [0.1, 0.15) is 50.9 Å². The third-order valence-corrected chi connectivity index (χ3v) is 5.84. The Morgan fingerprint density at radius 3 is 2.58 bits per heavy atom. The van der Waals surface area contributed by atoms with Crippen molar-refractivity contribution in [3.63, 3.8) is 0 Å². The molecule has 1 aromatic rings. The van der Waals surface area contributed by atoms with Gasteiger partial charge in [-0.15, -0.1) is 0 Å². The molecule has 1 aliphatic heterocycles. The number of likely N-dealkylation sites (N-methyl/N-ethyl adjacent to an activating group) is 1. The first-order valence-electron chi connectivity index (χ1n) is 11.6. The van der Waals surface area contributed by atoms with Gasteiger partial charge in [-0.3, -0.25) is 9.59 Å². The number of urea groups is 1. The lowest BCUT2D eigenvalue weighted by Gasteiger charge is -2.36. The molecule has 0 aliphatic carbocycles. The van der Waals surface area contributed by atoms with Crippen LogP contribution < -0.4 is 15.4 Å². The number of ether oxygens (including phenoxy) is 2. The fraction of sp³-hybridized carbons (Fsp3) is 0.625. The molecule has 9 nitrogen and oxygen atoms in total. The molecule has 0 bridgehead atoms. The van der Waals surface area contributed by atoms with Crippen LogP contribution in [0.5, 0.6) is 5.75 Å². The van der Waals surface area contributed by atoms with Gasteiger partial charge in [0.25, 0.3) is 5.91 Å². The van der Waals surface area contributed by atoms with Crippen molar-refractivity contribution in [1.29, 1.82) is 0 Å². The monoisotopic (exact) mass is 462 g/mol. The van der Waals surface area contributed by atoms with Crippen LogP contribution in [0.2, 0.25) is 0 Å². The van der Waals surface area contributed by atoms with Gasteiger partial charge in [-0.2, -0.15) is 0 Å². The summed E-state index contributed by atoms with van der Waals surface area (Å²) < 4.78 is 11.8. The quantitative estimate of drug-likeness (QED) is 0.701. The summed E-state index contributed by atoms with van der Waals surface area (Å²) in [5, 5.41) is 5.75. The van der Waals surface area contributed by atoms with Gasteiger partial charge in [-0.05, 0) is 25.5 Å². The van der Waals surface area contributed by atoms with Gasteiger partial charge < -0.3 is 29.9 Å². The molecule has 1 aromatic carbocycles. The van der Waals surface area contributed by atoms with Crippen LogP contribution in [0.3, 0.4) is 0 Å². The predicted octanol–water partition coefficient (Wildman–Crippen LogP) is 2.96. The van der Waals surface area contributed by atoms with E-state index in [1.165, 1.54) is 0 Å². The van der Waals surface area contributed by atoms with Gasteiger partial charge in [-0.1, -0.05) is 20.8 Å². The zero-order valence-electron chi connectivity index (χ0n) is 20.6. The fourth-order valence-corrected chi connectivity index (χ4v) is 3.72. The number of methoxy groups -OCH3 is 1. The van der Waals surface area contributed by atoms with Crippen molar-refractivity contribution < 1.29 is 23.9 Å². The lowest BCUT2D eigenvalue weighted by atomic mass is 10.0. The molecule has 184 valence electrons. The first-order valence-corrected chi connectivity index (χ1v) is 11.6. The van der Waals surface area contributed by atoms with Crippen LogP contribution in [0, 0.1) is 5.92 Å². The number of nitrogens with one attached hydrogen (secondary N) is 2. The predicted molar refractivity (Wildman–Crippen MR) is 128 cm³/mol. The second-order valence-electron chi connectivity index (χ2n) is 8.59. The van der Waals surface area contributed by atoms with Gasteiger partial charge in [0.1, 0.15) is 12.4 Å². The summed E-state index contributed by atoms with van der Waals surface area (Å²) in [6.45, 7) is 9.31. The summed E-state index contributed by atoms with van der Waals surface area (Å²) in [4.78, 5) is 41.3. The average molecular weight is 463 g/mol. The second kappa shape index (κ2) is 12.4. The molecule has 9 heteroatoms. The number of rotatable bonds is 5. The van der Waals surface area contributed by atoms with Crippen LogP contribution in [0.4, 0.5) is 10.5 Å². The molecule has 2 N–H and O–H groups in total. The normalized spacial score (nSPS) is 21.9. The number of anilines is 1. The number of fused-ring (bicyclic) bond motifs is 1. The number of nitrogens with zero attached hydrogens (tertiary/aromatic N) is 2. The Balaban J connectivity index is 2.42. The van der Waals surface area contributed by atoms with E-state index >= 15 is 0 Å². The maximum Gasteiger partial charge on any atom is 0.317 e. The molecule has 1 aliphatic rings. The summed E-state index contributed by atoms with van der Waals surface area (Å²) in [6.07, 6.45) is 0.932. The largest absolute Gasteiger partial charge is 0.491 e. The maximum absolute atomic E-state index is 13.2. The van der Waals surface area contributed by atoms with E-state index in [4.69, 9.17) is 9.47 Å². The molecule has 0 saturated carbocycles. The summed E-state index contributed by atoms with van der Waals surface area (Å²) in [5.41, 5.74) is 0.945. The Hall–Kier alpha value is -2.81. The molecule has 33 heavy (non-hydrogen) atoms. The van der Waals surface area contributed by atoms with Crippen molar-refractivity contribution in [2.45, 2.75) is 52.7 Å². The molecular formula is C24H38N4O5. The zero-order chi connectivity index (χ0) is 24.5. The van der Waals surface area contributed by atoms with E-state index in [1.807, 2.05) is 20.8 Å². The molecule has 1 heterocycles. The van der Waals surface area contributed by atoms with Crippen molar-refractivity contribution in [1.82, 2.24) is 15.1 Å². The van der Waals surface area contributed by atoms with Crippen molar-refractivity contribution in [3.8, 4) is 5.75 Å². The number of carbonyl (C=O) groups is 3. The molecule has 0 unspecified atom stereocenters. The molecular weight excluding hydrogens is 424 g/mol. The minimum absolute atomic E-state index is 0.00870. The Bertz CT molecular complexity index is 831. The van der Waals surface area contributed by atoms with Crippen molar-refractivity contribution in [2.24, 2.45) is 5.92 Å². The summed E-state index contributed by atoms with van der Waals surface area (Å²) in [6, 6.07) is 4.60. The number of hydrogen-bond donors (Lipinski definition) is 2. The minimum Gasteiger partial charge on any atom is -0.491 e. The van der Waals surface area contributed by atoms with Crippen molar-refractivity contribution in [2.75, 3.05) is 45.7 Å². The Morgan fingerprint density at radius 1 is 1.21 bits per heavy atom. The molecule has 0 radical (unpaired) electrons. The van der Waals surface area contributed by atoms with Crippen molar-refractivity contribution >= 4 is 23.5 Å². The topological polar surface area (TPSA) is 100 Å². The molecule has 0 fully saturated rings. The van der Waals surface area contributed by atoms with Gasteiger partial charge in [0.2, 0.25) is 5.91 Å². The number of carbonyl (C=O) groups excluding carboxylic acids is 3. The third kappa shape index (κ3) is 7.08. The van der Waals surface area contributed by atoms with Gasteiger partial charge in [0, 0.05) is 57.9 Å². The highest BCUT2D eigenvalue weighted by Gasteiger charge is 2.30. The molecule has 3 atom stereocenters. The SMILES string of the molecule is CCCNC(=O)N1C[C@@H](C)[C@@H](OC)CN(C)C(=O)c2ccc(NC(=O)CC)cc2OC[C@H]1C. The Morgan fingerprint density at radius 2 is 1.94 bits per heavy atom. The van der Waals surface area contributed by atoms with Gasteiger partial charge in [0.05, 0.1) is 17.7 Å². The maximum atomic E-state index is 13.2. The van der Waals surface area contributed by atoms with E-state index in [1.54, 1.807) is 49.1 Å². The first-order chi connectivity index (χ1) is 15.7. The van der Waals surface area contributed by atoms with Crippen molar-refractivity contribution in [3.05, 3.63) is 23.8 Å². The third-order valence-electron chi connectivity index (χ3n) is 5.84. The Labute approximate surface area is 196 Å². The molecule has 0 saturated heterocycles. The standard InChI is InChI=1S/C24H38N4O5/c1-7-11-25-24(31)28-13-16(3)21(32-6)14-27(5)23(30)19-10-9-18(26-22(29)8-2)12-20(19)33-15-17(28)4/h9-10,12,16-17,21H,7-8,11,13-15H2,1-6H3,(H,25,31)(H,26,29)/t16-,17-,21+/m1/s1. The number of amides is 4. The van der Waals surface area contributed by atoms with Gasteiger partial charge in [0.15, 0.2) is 0 Å². The summed E-state index contributed by atoms with van der Waals surface area (Å²) in [7, 11) is 3.34. The van der Waals surface area contributed by atoms with E-state index in [2.05, 4.69) is 10.6 Å². The van der Waals surface area contributed by atoms with E-state index in [0.717, 1.165) is 6.42 Å². The number of hydrogen-bond acceptors (Lipinski definition) is 5. The van der Waals surface area contributed by atoms with Crippen LogP contribution in [0.25, 0.3) is 0 Å². The van der Waals surface area contributed by atoms with Gasteiger partial charge >= 0.3 is 6.03 Å². The molecule has 2 rings (SSSR count). The second-order valence-corrected chi connectivity index (χ2v) is 8.59. The lowest BCUT2D eigenvalue weighted by Crippen LogP contribution is -2.51. The van der Waals surface area contributed by atoms with Crippen LogP contribution in [-0.2, 0) is 9.53 Å².